The van der Waals surface area contributed by atoms with E-state index in [-0.39, 0.29) is 16.2 Å². The van der Waals surface area contributed by atoms with Crippen molar-refractivity contribution in [2.24, 2.45) is 0 Å². The van der Waals surface area contributed by atoms with Gasteiger partial charge in [0, 0.05) is 36.6 Å². The molecular formula is C14H19FN2O4S. The number of benzene rings is 1. The molecule has 0 aromatic heterocycles. The minimum Gasteiger partial charge on any atom is -0.497 e. The van der Waals surface area contributed by atoms with Crippen LogP contribution in [0.4, 0.5) is 15.8 Å². The highest BCUT2D eigenvalue weighted by atomic mass is 32.2. The number of ether oxygens (including phenoxy) is 2. The van der Waals surface area contributed by atoms with Crippen LogP contribution in [0, 0.1) is 15.9 Å². The summed E-state index contributed by atoms with van der Waals surface area (Å²) in [5.41, 5.74) is -0.411. The van der Waals surface area contributed by atoms with Gasteiger partial charge in [0.2, 0.25) is 5.82 Å². The van der Waals surface area contributed by atoms with Gasteiger partial charge in [0.1, 0.15) is 11.4 Å². The Labute approximate surface area is 132 Å². The van der Waals surface area contributed by atoms with Crippen molar-refractivity contribution in [3.8, 4) is 5.75 Å². The number of nitrogens with zero attached hydrogens (tertiary/aromatic N) is 1. The number of hydrogen-bond acceptors (Lipinski definition) is 6. The first-order valence-corrected chi connectivity index (χ1v) is 8.12. The molecule has 0 aliphatic carbocycles. The molecule has 6 nitrogen and oxygen atoms in total. The summed E-state index contributed by atoms with van der Waals surface area (Å²) in [5.74, 6) is -0.659. The predicted molar refractivity (Wildman–Crippen MR) is 84.4 cm³/mol. The summed E-state index contributed by atoms with van der Waals surface area (Å²) in [5, 5.41) is 14.1. The zero-order chi connectivity index (χ0) is 16.2. The van der Waals surface area contributed by atoms with E-state index in [1.807, 2.05) is 6.26 Å². The lowest BCUT2D eigenvalue weighted by Crippen LogP contribution is -2.39. The SMILES string of the molecule is COc1cc(F)c([N+](=O)[O-])c(NCC2(SC)CCOCC2)c1. The predicted octanol–water partition coefficient (Wildman–Crippen LogP) is 3.07. The maximum atomic E-state index is 13.9. The van der Waals surface area contributed by atoms with Crippen LogP contribution in [0.15, 0.2) is 12.1 Å². The molecule has 1 aliphatic rings. The van der Waals surface area contributed by atoms with Crippen molar-refractivity contribution in [3.05, 3.63) is 28.1 Å². The summed E-state index contributed by atoms with van der Waals surface area (Å²) >= 11 is 1.70. The van der Waals surface area contributed by atoms with E-state index in [0.717, 1.165) is 18.9 Å². The molecule has 2 rings (SSSR count). The minimum absolute atomic E-state index is 0.0638. The molecule has 22 heavy (non-hydrogen) atoms. The first-order valence-electron chi connectivity index (χ1n) is 6.90. The normalized spacial score (nSPS) is 17.0. The molecule has 1 aromatic carbocycles. The number of methoxy groups -OCH3 is 1. The van der Waals surface area contributed by atoms with Crippen LogP contribution in [-0.4, -0.2) is 42.8 Å². The Kier molecular flexibility index (Phi) is 5.47. The summed E-state index contributed by atoms with van der Waals surface area (Å²) < 4.78 is 24.2. The third-order valence-corrected chi connectivity index (χ3v) is 5.31. The van der Waals surface area contributed by atoms with Crippen LogP contribution >= 0.6 is 11.8 Å². The lowest BCUT2D eigenvalue weighted by molar-refractivity contribution is -0.386. The van der Waals surface area contributed by atoms with Gasteiger partial charge in [-0.05, 0) is 19.1 Å². The summed E-state index contributed by atoms with van der Waals surface area (Å²) in [6.07, 6.45) is 3.70. The van der Waals surface area contributed by atoms with Gasteiger partial charge in [-0.2, -0.15) is 16.2 Å². The van der Waals surface area contributed by atoms with Crippen molar-refractivity contribution in [1.29, 1.82) is 0 Å². The van der Waals surface area contributed by atoms with Crippen molar-refractivity contribution in [1.82, 2.24) is 0 Å². The molecule has 0 atom stereocenters. The smallest absolute Gasteiger partial charge is 0.327 e. The third-order valence-electron chi connectivity index (χ3n) is 3.89. The van der Waals surface area contributed by atoms with Gasteiger partial charge in [0.05, 0.1) is 12.0 Å². The first-order chi connectivity index (χ1) is 10.5. The molecule has 0 bridgehead atoms. The lowest BCUT2D eigenvalue weighted by atomic mass is 9.99. The zero-order valence-electron chi connectivity index (χ0n) is 12.6. The summed E-state index contributed by atoms with van der Waals surface area (Å²) in [4.78, 5) is 10.4. The van der Waals surface area contributed by atoms with E-state index < -0.39 is 16.4 Å². The van der Waals surface area contributed by atoms with Crippen LogP contribution in [0.1, 0.15) is 12.8 Å². The van der Waals surface area contributed by atoms with Crippen molar-refractivity contribution in [2.75, 3.05) is 38.4 Å². The Hall–Kier alpha value is -1.54. The fourth-order valence-corrected chi connectivity index (χ4v) is 3.26. The standard InChI is InChI=1S/C14H19FN2O4S/c1-20-10-7-11(15)13(17(18)19)12(8-10)16-9-14(22-2)3-5-21-6-4-14/h7-8,16H,3-6,9H2,1-2H3. The Balaban J connectivity index is 2.24. The Bertz CT molecular complexity index is 550. The van der Waals surface area contributed by atoms with Gasteiger partial charge in [-0.15, -0.1) is 0 Å². The number of thioether (sulfide) groups is 1. The van der Waals surface area contributed by atoms with Crippen molar-refractivity contribution in [3.63, 3.8) is 0 Å². The molecule has 1 heterocycles. The molecule has 1 saturated heterocycles. The van der Waals surface area contributed by atoms with E-state index in [9.17, 15) is 14.5 Å². The van der Waals surface area contributed by atoms with Crippen LogP contribution in [0.3, 0.4) is 0 Å². The van der Waals surface area contributed by atoms with Gasteiger partial charge in [0.25, 0.3) is 0 Å². The molecule has 0 unspecified atom stereocenters. The van der Waals surface area contributed by atoms with Crippen LogP contribution in [-0.2, 0) is 4.74 Å². The maximum absolute atomic E-state index is 13.9. The number of nitrogens with one attached hydrogen (secondary N) is 1. The van der Waals surface area contributed by atoms with E-state index in [4.69, 9.17) is 9.47 Å². The van der Waals surface area contributed by atoms with Gasteiger partial charge in [-0.3, -0.25) is 10.1 Å². The third kappa shape index (κ3) is 3.61. The van der Waals surface area contributed by atoms with E-state index in [2.05, 4.69) is 5.32 Å². The highest BCUT2D eigenvalue weighted by Gasteiger charge is 2.33. The fraction of sp³-hybridized carbons (Fsp3) is 0.571. The largest absolute Gasteiger partial charge is 0.497 e. The summed E-state index contributed by atoms with van der Waals surface area (Å²) in [6, 6.07) is 2.47. The van der Waals surface area contributed by atoms with Crippen molar-refractivity contribution < 1.29 is 18.8 Å². The topological polar surface area (TPSA) is 73.6 Å². The van der Waals surface area contributed by atoms with Crippen LogP contribution in [0.25, 0.3) is 0 Å². The molecule has 0 radical (unpaired) electrons. The molecule has 0 saturated carbocycles. The molecule has 8 heteroatoms. The quantitative estimate of drug-likeness (QED) is 0.638. The lowest BCUT2D eigenvalue weighted by Gasteiger charge is -2.36. The van der Waals surface area contributed by atoms with Gasteiger partial charge in [-0.25, -0.2) is 0 Å². The second-order valence-electron chi connectivity index (χ2n) is 5.12. The van der Waals surface area contributed by atoms with Gasteiger partial charge < -0.3 is 14.8 Å². The number of anilines is 1. The molecule has 0 spiro atoms. The Morgan fingerprint density at radius 1 is 1.50 bits per heavy atom. The van der Waals surface area contributed by atoms with E-state index >= 15 is 0 Å². The van der Waals surface area contributed by atoms with Crippen LogP contribution in [0.2, 0.25) is 0 Å². The summed E-state index contributed by atoms with van der Waals surface area (Å²) in [7, 11) is 1.40. The molecule has 0 amide bonds. The Morgan fingerprint density at radius 2 is 2.18 bits per heavy atom. The molecule has 122 valence electrons. The maximum Gasteiger partial charge on any atom is 0.327 e. The van der Waals surface area contributed by atoms with Gasteiger partial charge in [-0.1, -0.05) is 0 Å². The second kappa shape index (κ2) is 7.15. The van der Waals surface area contributed by atoms with Crippen molar-refractivity contribution >= 4 is 23.1 Å². The van der Waals surface area contributed by atoms with E-state index in [1.165, 1.54) is 13.2 Å². The number of nitro benzene ring substituents is 1. The number of nitro groups is 1. The van der Waals surface area contributed by atoms with E-state index in [1.54, 1.807) is 11.8 Å². The van der Waals surface area contributed by atoms with Crippen LogP contribution in [0.5, 0.6) is 5.75 Å². The van der Waals surface area contributed by atoms with E-state index in [0.29, 0.717) is 19.8 Å². The second-order valence-corrected chi connectivity index (χ2v) is 6.39. The van der Waals surface area contributed by atoms with Gasteiger partial charge >= 0.3 is 5.69 Å². The highest BCUT2D eigenvalue weighted by Crippen LogP contribution is 2.37. The number of rotatable bonds is 6. The molecule has 1 fully saturated rings. The molecular weight excluding hydrogens is 311 g/mol. The fourth-order valence-electron chi connectivity index (χ4n) is 2.47. The highest BCUT2D eigenvalue weighted by molar-refractivity contribution is 8.00. The summed E-state index contributed by atoms with van der Waals surface area (Å²) in [6.45, 7) is 1.83. The van der Waals surface area contributed by atoms with Crippen molar-refractivity contribution in [2.45, 2.75) is 17.6 Å². The molecule has 1 aromatic rings. The number of halogens is 1. The first kappa shape index (κ1) is 16.8. The zero-order valence-corrected chi connectivity index (χ0v) is 13.4. The average Bonchev–Trinajstić information content (AvgIpc) is 2.52. The van der Waals surface area contributed by atoms with Crippen LogP contribution < -0.4 is 10.1 Å². The Morgan fingerprint density at radius 3 is 2.73 bits per heavy atom. The number of hydrogen-bond donors (Lipinski definition) is 1. The average molecular weight is 330 g/mol. The minimum atomic E-state index is -0.906. The monoisotopic (exact) mass is 330 g/mol. The molecule has 1 N–H and O–H groups in total. The molecule has 1 aliphatic heterocycles. The van der Waals surface area contributed by atoms with Gasteiger partial charge in [0.15, 0.2) is 0 Å².